The number of hydrogen-bond acceptors (Lipinski definition) is 5. The number of amides is 2. The molecule has 2 heterocycles. The number of carbonyl (C=O) groups excluding carboxylic acids is 1. The highest BCUT2D eigenvalue weighted by Crippen LogP contribution is 2.35. The smallest absolute Gasteiger partial charge is 0.347 e. The summed E-state index contributed by atoms with van der Waals surface area (Å²) in [4.78, 5) is 23.7. The van der Waals surface area contributed by atoms with Gasteiger partial charge in [0.05, 0.1) is 23.2 Å². The molecule has 0 bridgehead atoms. The van der Waals surface area contributed by atoms with Crippen LogP contribution < -0.4 is 5.32 Å². The molecule has 1 N–H and O–H groups in total. The lowest BCUT2D eigenvalue weighted by atomic mass is 10.0. The molecule has 1 atom stereocenters. The van der Waals surface area contributed by atoms with E-state index in [0.717, 1.165) is 6.07 Å². The molecule has 2 saturated heterocycles. The fourth-order valence-electron chi connectivity index (χ4n) is 3.17. The van der Waals surface area contributed by atoms with Gasteiger partial charge in [-0.3, -0.25) is 10.1 Å². The number of nitro benzene ring substituents is 1. The summed E-state index contributed by atoms with van der Waals surface area (Å²) >= 11 is 0. The molecular formula is C16H18F3N3O5. The number of nitrogens with zero attached hydrogens (tertiary/aromatic N) is 2. The Balaban J connectivity index is 1.69. The van der Waals surface area contributed by atoms with Crippen molar-refractivity contribution < 1.29 is 32.4 Å². The highest BCUT2D eigenvalue weighted by molar-refractivity contribution is 5.90. The van der Waals surface area contributed by atoms with Gasteiger partial charge in [0.1, 0.15) is 0 Å². The minimum Gasteiger partial charge on any atom is -0.347 e. The number of benzene rings is 1. The maximum absolute atomic E-state index is 12.9. The Hall–Kier alpha value is -2.40. The van der Waals surface area contributed by atoms with E-state index >= 15 is 0 Å². The van der Waals surface area contributed by atoms with Crippen molar-refractivity contribution >= 4 is 17.4 Å². The second-order valence-corrected chi connectivity index (χ2v) is 6.59. The number of halogens is 3. The highest BCUT2D eigenvalue weighted by atomic mass is 19.4. The molecule has 2 aliphatic heterocycles. The number of piperidine rings is 1. The second-order valence-electron chi connectivity index (χ2n) is 6.59. The largest absolute Gasteiger partial charge is 0.416 e. The quantitative estimate of drug-likeness (QED) is 0.618. The van der Waals surface area contributed by atoms with Crippen molar-refractivity contribution in [1.82, 2.24) is 4.90 Å². The molecule has 1 spiro atoms. The van der Waals surface area contributed by atoms with Crippen molar-refractivity contribution in [3.63, 3.8) is 0 Å². The fraction of sp³-hybridized carbons (Fsp3) is 0.562. The predicted octanol–water partition coefficient (Wildman–Crippen LogP) is 3.37. The van der Waals surface area contributed by atoms with Gasteiger partial charge in [-0.15, -0.1) is 0 Å². The first-order valence-corrected chi connectivity index (χ1v) is 8.32. The third-order valence-corrected chi connectivity index (χ3v) is 4.52. The third kappa shape index (κ3) is 4.30. The third-order valence-electron chi connectivity index (χ3n) is 4.52. The van der Waals surface area contributed by atoms with E-state index < -0.39 is 34.2 Å². The minimum absolute atomic E-state index is 0.0314. The molecule has 27 heavy (non-hydrogen) atoms. The van der Waals surface area contributed by atoms with Crippen LogP contribution in [0.4, 0.5) is 29.3 Å². The molecule has 11 heteroatoms. The van der Waals surface area contributed by atoms with E-state index in [9.17, 15) is 28.1 Å². The van der Waals surface area contributed by atoms with E-state index in [1.807, 2.05) is 6.92 Å². The number of nitrogens with one attached hydrogen (secondary N) is 1. The predicted molar refractivity (Wildman–Crippen MR) is 87.2 cm³/mol. The van der Waals surface area contributed by atoms with Crippen LogP contribution in [0.15, 0.2) is 18.2 Å². The van der Waals surface area contributed by atoms with Crippen LogP contribution in [0.2, 0.25) is 0 Å². The standard InChI is InChI=1S/C16H18F3N3O5/c1-10-9-26-15(27-10)2-4-21(5-3-15)14(23)20-12-6-11(16(17,18)19)7-13(8-12)22(24)25/h6-8,10H,2-5,9H2,1H3,(H,20,23)/t10-/m0/s1. The molecule has 148 valence electrons. The van der Waals surface area contributed by atoms with Gasteiger partial charge >= 0.3 is 12.2 Å². The van der Waals surface area contributed by atoms with Gasteiger partial charge in [-0.2, -0.15) is 13.2 Å². The van der Waals surface area contributed by atoms with Gasteiger partial charge in [0.15, 0.2) is 5.79 Å². The number of urea groups is 1. The van der Waals surface area contributed by atoms with Crippen LogP contribution >= 0.6 is 0 Å². The summed E-state index contributed by atoms with van der Waals surface area (Å²) in [7, 11) is 0. The van der Waals surface area contributed by atoms with Crippen molar-refractivity contribution in [2.24, 2.45) is 0 Å². The Morgan fingerprint density at radius 1 is 1.33 bits per heavy atom. The van der Waals surface area contributed by atoms with E-state index in [4.69, 9.17) is 9.47 Å². The van der Waals surface area contributed by atoms with Crippen LogP contribution in [-0.4, -0.2) is 47.4 Å². The van der Waals surface area contributed by atoms with Crippen LogP contribution in [0.5, 0.6) is 0 Å². The van der Waals surface area contributed by atoms with Crippen LogP contribution in [0, 0.1) is 10.1 Å². The summed E-state index contributed by atoms with van der Waals surface area (Å²) in [5.74, 6) is -0.717. The first kappa shape index (κ1) is 19.4. The summed E-state index contributed by atoms with van der Waals surface area (Å²) < 4.78 is 50.2. The van der Waals surface area contributed by atoms with Crippen LogP contribution in [-0.2, 0) is 15.7 Å². The molecule has 1 aromatic rings. The topological polar surface area (TPSA) is 93.9 Å². The Labute approximate surface area is 152 Å². The van der Waals surface area contributed by atoms with Crippen LogP contribution in [0.1, 0.15) is 25.3 Å². The first-order chi connectivity index (χ1) is 12.6. The lowest BCUT2D eigenvalue weighted by Gasteiger charge is -2.37. The Bertz CT molecular complexity index is 747. The lowest BCUT2D eigenvalue weighted by molar-refractivity contribution is -0.385. The lowest BCUT2D eigenvalue weighted by Crippen LogP contribution is -2.48. The number of ether oxygens (including phenoxy) is 2. The maximum atomic E-state index is 12.9. The number of carbonyl (C=O) groups is 1. The summed E-state index contributed by atoms with van der Waals surface area (Å²) in [5, 5.41) is 13.2. The fourth-order valence-corrected chi connectivity index (χ4v) is 3.17. The number of hydrogen-bond donors (Lipinski definition) is 1. The van der Waals surface area contributed by atoms with Gasteiger partial charge < -0.3 is 19.7 Å². The molecule has 0 aromatic heterocycles. The van der Waals surface area contributed by atoms with Gasteiger partial charge in [0, 0.05) is 43.8 Å². The molecule has 2 fully saturated rings. The zero-order chi connectivity index (χ0) is 19.8. The summed E-state index contributed by atoms with van der Waals surface area (Å²) in [6.45, 7) is 2.94. The molecule has 0 unspecified atom stereocenters. The Morgan fingerprint density at radius 3 is 2.52 bits per heavy atom. The van der Waals surface area contributed by atoms with Crippen molar-refractivity contribution in [2.75, 3.05) is 25.0 Å². The van der Waals surface area contributed by atoms with Crippen molar-refractivity contribution in [3.05, 3.63) is 33.9 Å². The monoisotopic (exact) mass is 389 g/mol. The van der Waals surface area contributed by atoms with Gasteiger partial charge in [-0.1, -0.05) is 0 Å². The highest BCUT2D eigenvalue weighted by Gasteiger charge is 2.43. The molecule has 1 aromatic carbocycles. The molecule has 2 aliphatic rings. The molecule has 0 aliphatic carbocycles. The van der Waals surface area contributed by atoms with Crippen molar-refractivity contribution in [1.29, 1.82) is 0 Å². The summed E-state index contributed by atoms with van der Waals surface area (Å²) in [5.41, 5.74) is -2.24. The molecule has 0 saturated carbocycles. The average molecular weight is 389 g/mol. The van der Waals surface area contributed by atoms with E-state index in [2.05, 4.69) is 5.32 Å². The van der Waals surface area contributed by atoms with Crippen molar-refractivity contribution in [3.8, 4) is 0 Å². The van der Waals surface area contributed by atoms with Crippen molar-refractivity contribution in [2.45, 2.75) is 37.8 Å². The normalized spacial score (nSPS) is 22.1. The Morgan fingerprint density at radius 2 is 2.00 bits per heavy atom. The molecule has 2 amide bonds. The first-order valence-electron chi connectivity index (χ1n) is 8.32. The number of anilines is 1. The van der Waals surface area contributed by atoms with Gasteiger partial charge in [0.2, 0.25) is 0 Å². The SMILES string of the molecule is C[C@H]1COC2(CCN(C(=O)Nc3cc([N+](=O)[O-])cc(C(F)(F)F)c3)CC2)O1. The Kier molecular flexibility index (Phi) is 5.00. The number of nitro groups is 1. The van der Waals surface area contributed by atoms with Crippen LogP contribution in [0.3, 0.4) is 0 Å². The zero-order valence-electron chi connectivity index (χ0n) is 14.4. The van der Waals surface area contributed by atoms with Crippen LogP contribution in [0.25, 0.3) is 0 Å². The minimum atomic E-state index is -4.77. The zero-order valence-corrected chi connectivity index (χ0v) is 14.4. The van der Waals surface area contributed by atoms with E-state index in [1.165, 1.54) is 4.90 Å². The number of non-ortho nitro benzene ring substituents is 1. The van der Waals surface area contributed by atoms with Gasteiger partial charge in [-0.05, 0) is 13.0 Å². The maximum Gasteiger partial charge on any atom is 0.416 e. The second kappa shape index (κ2) is 6.97. The molecular weight excluding hydrogens is 371 g/mol. The van der Waals surface area contributed by atoms with E-state index in [1.54, 1.807) is 0 Å². The number of rotatable bonds is 2. The van der Waals surface area contributed by atoms with Gasteiger partial charge in [0.25, 0.3) is 5.69 Å². The average Bonchev–Trinajstić information content (AvgIpc) is 2.94. The van der Waals surface area contributed by atoms with E-state index in [0.29, 0.717) is 44.7 Å². The number of alkyl halides is 3. The molecule has 8 nitrogen and oxygen atoms in total. The summed E-state index contributed by atoms with van der Waals surface area (Å²) in [6.07, 6.45) is -3.92. The molecule has 0 radical (unpaired) electrons. The van der Waals surface area contributed by atoms with Gasteiger partial charge in [-0.25, -0.2) is 4.79 Å². The summed E-state index contributed by atoms with van der Waals surface area (Å²) in [6, 6.07) is 1.35. The molecule has 3 rings (SSSR count). The number of likely N-dealkylation sites (tertiary alicyclic amines) is 1. The van der Waals surface area contributed by atoms with E-state index in [-0.39, 0.29) is 11.8 Å².